The molecule has 0 aromatic heterocycles. The fraction of sp³-hybridized carbons (Fsp3) is 1.00. The predicted molar refractivity (Wildman–Crippen MR) is 74.9 cm³/mol. The second-order valence-corrected chi connectivity index (χ2v) is 7.85. The number of halogens is 4. The molecule has 0 amide bonds. The Labute approximate surface area is 123 Å². The van der Waals surface area contributed by atoms with E-state index < -0.39 is 12.2 Å². The van der Waals surface area contributed by atoms with E-state index in [1.165, 1.54) is 0 Å². The van der Waals surface area contributed by atoms with Gasteiger partial charge in [0, 0.05) is 11.8 Å². The maximum absolute atomic E-state index is 12.1. The normalized spacial score (nSPS) is 12.3. The highest BCUT2D eigenvalue weighted by molar-refractivity contribution is 7.58. The Morgan fingerprint density at radius 3 is 1.59 bits per heavy atom. The highest BCUT2D eigenvalue weighted by Gasteiger charge is 2.32. The van der Waals surface area contributed by atoms with Crippen LogP contribution in [0.1, 0.15) is 25.7 Å². The highest BCUT2D eigenvalue weighted by atomic mass is 35.5. The molecule has 0 rings (SSSR count). The molecule has 0 N–H and O–H groups in total. The van der Waals surface area contributed by atoms with Crippen LogP contribution in [0.15, 0.2) is 0 Å². The van der Waals surface area contributed by atoms with Gasteiger partial charge in [0.15, 0.2) is 0 Å². The zero-order valence-corrected chi connectivity index (χ0v) is 13.3. The highest BCUT2D eigenvalue weighted by Crippen LogP contribution is 2.56. The van der Waals surface area contributed by atoms with Gasteiger partial charge in [0.05, 0.1) is 13.2 Å². The van der Waals surface area contributed by atoms with Crippen molar-refractivity contribution in [3.63, 3.8) is 0 Å². The monoisotopic (exact) mass is 344 g/mol. The van der Waals surface area contributed by atoms with Gasteiger partial charge >= 0.3 is 7.60 Å². The number of hydrogen-bond donors (Lipinski definition) is 0. The summed E-state index contributed by atoms with van der Waals surface area (Å²) in [5.41, 5.74) is 0. The third-order valence-corrected chi connectivity index (χ3v) is 5.37. The van der Waals surface area contributed by atoms with Gasteiger partial charge in [0.25, 0.3) is 0 Å². The molecular formula is C9H17Cl4O3P. The summed E-state index contributed by atoms with van der Waals surface area (Å²) in [6.07, 6.45) is 2.95. The minimum atomic E-state index is -3.43. The first kappa shape index (κ1) is 18.3. The average molecular weight is 346 g/mol. The summed E-state index contributed by atoms with van der Waals surface area (Å²) in [5.74, 6) is 1.07. The van der Waals surface area contributed by atoms with Crippen molar-refractivity contribution in [2.24, 2.45) is 0 Å². The standard InChI is InChI=1S/C9H17Cl4O3P/c10-5-1-3-7-15-17(14,9(12)13)16-8-4-2-6-11/h9H,1-8H2. The Kier molecular flexibility index (Phi) is 12.0. The molecule has 0 aliphatic carbocycles. The van der Waals surface area contributed by atoms with Crippen LogP contribution in [0.2, 0.25) is 0 Å². The van der Waals surface area contributed by atoms with Gasteiger partial charge in [0.1, 0.15) is 0 Å². The molecule has 0 bridgehead atoms. The van der Waals surface area contributed by atoms with E-state index in [2.05, 4.69) is 0 Å². The molecule has 0 atom stereocenters. The van der Waals surface area contributed by atoms with Crippen molar-refractivity contribution in [3.8, 4) is 0 Å². The summed E-state index contributed by atoms with van der Waals surface area (Å²) < 4.78 is 21.2. The van der Waals surface area contributed by atoms with Crippen LogP contribution in [0.5, 0.6) is 0 Å². The first-order valence-corrected chi connectivity index (χ1v) is 8.91. The smallest absolute Gasteiger partial charge is 0.307 e. The Hall–Kier alpha value is 1.31. The van der Waals surface area contributed by atoms with Gasteiger partial charge in [-0.15, -0.1) is 23.2 Å². The van der Waals surface area contributed by atoms with Gasteiger partial charge in [-0.1, -0.05) is 23.2 Å². The number of unbranched alkanes of at least 4 members (excludes halogenated alkanes) is 2. The molecule has 0 radical (unpaired) electrons. The topological polar surface area (TPSA) is 35.5 Å². The fourth-order valence-electron chi connectivity index (χ4n) is 0.927. The van der Waals surface area contributed by atoms with Gasteiger partial charge in [-0.25, -0.2) is 0 Å². The Balaban J connectivity index is 3.95. The van der Waals surface area contributed by atoms with E-state index in [0.29, 0.717) is 24.6 Å². The molecule has 104 valence electrons. The van der Waals surface area contributed by atoms with Crippen LogP contribution in [-0.2, 0) is 13.6 Å². The predicted octanol–water partition coefficient (Wildman–Crippen LogP) is 5.01. The SMILES string of the molecule is O=P(OCCCCCl)(OCCCCCl)C(Cl)Cl. The molecule has 0 fully saturated rings. The van der Waals surface area contributed by atoms with E-state index in [4.69, 9.17) is 55.5 Å². The van der Waals surface area contributed by atoms with E-state index >= 15 is 0 Å². The van der Waals surface area contributed by atoms with Gasteiger partial charge in [-0.05, 0) is 25.7 Å². The molecule has 17 heavy (non-hydrogen) atoms. The molecule has 3 nitrogen and oxygen atoms in total. The lowest BCUT2D eigenvalue weighted by atomic mass is 10.4. The zero-order valence-electron chi connectivity index (χ0n) is 9.42. The number of hydrogen-bond acceptors (Lipinski definition) is 3. The van der Waals surface area contributed by atoms with Crippen LogP contribution in [0.3, 0.4) is 0 Å². The lowest BCUT2D eigenvalue weighted by Crippen LogP contribution is -2.05. The number of rotatable bonds is 11. The van der Waals surface area contributed by atoms with Crippen molar-refractivity contribution in [1.82, 2.24) is 0 Å². The van der Waals surface area contributed by atoms with E-state index in [9.17, 15) is 4.57 Å². The second-order valence-electron chi connectivity index (χ2n) is 3.28. The summed E-state index contributed by atoms with van der Waals surface area (Å²) in [6, 6.07) is 0. The van der Waals surface area contributed by atoms with Crippen molar-refractivity contribution < 1.29 is 13.6 Å². The molecule has 0 heterocycles. The minimum Gasteiger partial charge on any atom is -0.307 e. The Morgan fingerprint density at radius 2 is 1.29 bits per heavy atom. The molecule has 0 saturated carbocycles. The molecule has 0 aromatic carbocycles. The van der Waals surface area contributed by atoms with Crippen molar-refractivity contribution in [1.29, 1.82) is 0 Å². The molecule has 0 aromatic rings. The molecule has 0 spiro atoms. The molecule has 0 aliphatic heterocycles. The van der Waals surface area contributed by atoms with Crippen LogP contribution in [0.25, 0.3) is 0 Å². The van der Waals surface area contributed by atoms with Crippen molar-refractivity contribution in [3.05, 3.63) is 0 Å². The van der Waals surface area contributed by atoms with E-state index in [-0.39, 0.29) is 13.2 Å². The Morgan fingerprint density at radius 1 is 0.882 bits per heavy atom. The van der Waals surface area contributed by atoms with Gasteiger partial charge in [-0.2, -0.15) is 0 Å². The summed E-state index contributed by atoms with van der Waals surface area (Å²) in [4.78, 5) is 0. The van der Waals surface area contributed by atoms with Crippen LogP contribution >= 0.6 is 54.0 Å². The number of alkyl halides is 4. The summed E-state index contributed by atoms with van der Waals surface area (Å²) >= 11 is 22.2. The molecular weight excluding hydrogens is 329 g/mol. The van der Waals surface area contributed by atoms with Gasteiger partial charge < -0.3 is 9.05 Å². The van der Waals surface area contributed by atoms with E-state index in [1.54, 1.807) is 0 Å². The third-order valence-electron chi connectivity index (χ3n) is 1.84. The average Bonchev–Trinajstić information content (AvgIpc) is 2.30. The lowest BCUT2D eigenvalue weighted by molar-refractivity contribution is 0.201. The second kappa shape index (κ2) is 11.2. The van der Waals surface area contributed by atoms with Gasteiger partial charge in [-0.3, -0.25) is 4.57 Å². The van der Waals surface area contributed by atoms with Crippen LogP contribution in [-0.4, -0.2) is 29.6 Å². The van der Waals surface area contributed by atoms with Gasteiger partial charge in [0.2, 0.25) is 4.58 Å². The van der Waals surface area contributed by atoms with Crippen LogP contribution < -0.4 is 0 Å². The molecule has 8 heteroatoms. The maximum atomic E-state index is 12.1. The summed E-state index contributed by atoms with van der Waals surface area (Å²) in [5, 5.41) is 0. The van der Waals surface area contributed by atoms with Crippen LogP contribution in [0, 0.1) is 0 Å². The van der Waals surface area contributed by atoms with Crippen molar-refractivity contribution in [2.75, 3.05) is 25.0 Å². The maximum Gasteiger partial charge on any atom is 0.363 e. The van der Waals surface area contributed by atoms with E-state index in [0.717, 1.165) is 12.8 Å². The molecule has 0 saturated heterocycles. The zero-order chi connectivity index (χ0) is 13.1. The largest absolute Gasteiger partial charge is 0.363 e. The van der Waals surface area contributed by atoms with Crippen molar-refractivity contribution >= 4 is 54.0 Å². The fourth-order valence-corrected chi connectivity index (χ4v) is 3.05. The third kappa shape index (κ3) is 8.93. The molecule has 0 aliphatic rings. The first-order chi connectivity index (χ1) is 8.06. The van der Waals surface area contributed by atoms with Crippen molar-refractivity contribution in [2.45, 2.75) is 30.3 Å². The van der Waals surface area contributed by atoms with Crippen LogP contribution in [0.4, 0.5) is 0 Å². The summed E-state index contributed by atoms with van der Waals surface area (Å²) in [6.45, 7) is 0.547. The lowest BCUT2D eigenvalue weighted by Gasteiger charge is -2.19. The quantitative estimate of drug-likeness (QED) is 0.300. The molecule has 0 unspecified atom stereocenters. The first-order valence-electron chi connectivity index (χ1n) is 5.35. The summed E-state index contributed by atoms with van der Waals surface area (Å²) in [7, 11) is -3.43. The van der Waals surface area contributed by atoms with E-state index in [1.807, 2.05) is 0 Å². The Bertz CT molecular complexity index is 212. The minimum absolute atomic E-state index is 0.273.